The van der Waals surface area contributed by atoms with Crippen LogP contribution in [0, 0.1) is 0 Å². The summed E-state index contributed by atoms with van der Waals surface area (Å²) in [4.78, 5) is 10.4. The smallest absolute Gasteiger partial charge is 0.106 e. The number of H-pyrrole nitrogens is 1. The zero-order chi connectivity index (χ0) is 13.7. The van der Waals surface area contributed by atoms with Crippen molar-refractivity contribution in [3.63, 3.8) is 0 Å². The third kappa shape index (κ3) is 3.57. The average Bonchev–Trinajstić information content (AvgIpc) is 2.85. The molecule has 0 saturated heterocycles. The summed E-state index contributed by atoms with van der Waals surface area (Å²) in [7, 11) is 0. The highest BCUT2D eigenvalue weighted by Crippen LogP contribution is 2.15. The molecular formula is C16H25N3. The molecule has 2 rings (SSSR count). The number of aromatic amines is 1. The topological polar surface area (TPSA) is 31.9 Å². The largest absolute Gasteiger partial charge is 0.342 e. The van der Waals surface area contributed by atoms with Gasteiger partial charge in [-0.1, -0.05) is 26.8 Å². The summed E-state index contributed by atoms with van der Waals surface area (Å²) in [6, 6.07) is 6.60. The van der Waals surface area contributed by atoms with E-state index in [0.717, 1.165) is 37.3 Å². The number of aryl methyl sites for hydroxylation is 1. The predicted octanol–water partition coefficient (Wildman–Crippen LogP) is 3.40. The van der Waals surface area contributed by atoms with Gasteiger partial charge in [-0.2, -0.15) is 0 Å². The molecule has 1 N–H and O–H groups in total. The molecule has 1 heterocycles. The van der Waals surface area contributed by atoms with Crippen LogP contribution in [0.3, 0.4) is 0 Å². The van der Waals surface area contributed by atoms with E-state index >= 15 is 0 Å². The Balaban J connectivity index is 2.04. The van der Waals surface area contributed by atoms with E-state index < -0.39 is 0 Å². The molecule has 19 heavy (non-hydrogen) atoms. The molecule has 0 spiro atoms. The summed E-state index contributed by atoms with van der Waals surface area (Å²) in [6.07, 6.45) is 3.31. The molecule has 2 aromatic rings. The molecule has 0 saturated carbocycles. The van der Waals surface area contributed by atoms with E-state index in [9.17, 15) is 0 Å². The molecule has 1 aromatic carbocycles. The molecule has 0 fully saturated rings. The van der Waals surface area contributed by atoms with E-state index in [4.69, 9.17) is 0 Å². The fourth-order valence-electron chi connectivity index (χ4n) is 2.46. The van der Waals surface area contributed by atoms with Gasteiger partial charge in [0, 0.05) is 13.0 Å². The maximum Gasteiger partial charge on any atom is 0.106 e. The maximum atomic E-state index is 4.55. The Morgan fingerprint density at radius 2 is 2.00 bits per heavy atom. The molecule has 0 aliphatic heterocycles. The summed E-state index contributed by atoms with van der Waals surface area (Å²) >= 11 is 0. The van der Waals surface area contributed by atoms with Gasteiger partial charge in [-0.3, -0.25) is 0 Å². The molecule has 0 unspecified atom stereocenters. The number of aromatic nitrogens is 2. The first-order valence-electron chi connectivity index (χ1n) is 7.46. The lowest BCUT2D eigenvalue weighted by atomic mass is 10.1. The first-order chi connectivity index (χ1) is 9.26. The number of likely N-dealkylation sites (N-methyl/N-ethyl adjacent to an activating group) is 1. The van der Waals surface area contributed by atoms with Crippen LogP contribution in [-0.4, -0.2) is 34.5 Å². The highest BCUT2D eigenvalue weighted by molar-refractivity contribution is 5.75. The van der Waals surface area contributed by atoms with Gasteiger partial charge in [0.25, 0.3) is 0 Å². The summed E-state index contributed by atoms with van der Waals surface area (Å²) in [6.45, 7) is 10.1. The second-order valence-electron chi connectivity index (χ2n) is 5.07. The van der Waals surface area contributed by atoms with E-state index in [1.54, 1.807) is 0 Å². The van der Waals surface area contributed by atoms with Crippen molar-refractivity contribution in [2.75, 3.05) is 19.6 Å². The fraction of sp³-hybridized carbons (Fsp3) is 0.562. The van der Waals surface area contributed by atoms with E-state index in [0.29, 0.717) is 0 Å². The van der Waals surface area contributed by atoms with E-state index in [1.165, 1.54) is 24.0 Å². The molecular weight excluding hydrogens is 234 g/mol. The lowest BCUT2D eigenvalue weighted by molar-refractivity contribution is 0.292. The van der Waals surface area contributed by atoms with Gasteiger partial charge in [0.2, 0.25) is 0 Å². The van der Waals surface area contributed by atoms with Crippen molar-refractivity contribution < 1.29 is 0 Å². The molecule has 3 heteroatoms. The van der Waals surface area contributed by atoms with Crippen molar-refractivity contribution in [3.8, 4) is 0 Å². The van der Waals surface area contributed by atoms with Crippen LogP contribution < -0.4 is 0 Å². The number of nitrogens with one attached hydrogen (secondary N) is 1. The third-order valence-electron chi connectivity index (χ3n) is 3.63. The van der Waals surface area contributed by atoms with Crippen LogP contribution in [0.1, 0.15) is 38.6 Å². The minimum atomic E-state index is 0.962. The Kier molecular flexibility index (Phi) is 4.97. The Morgan fingerprint density at radius 3 is 2.68 bits per heavy atom. The standard InChI is InChI=1S/C16H25N3/c1-4-10-19(6-3)11-9-13-7-8-14-15(12-13)18-16(5-2)17-14/h7-8,12H,4-6,9-11H2,1-3H3,(H,17,18). The Bertz CT molecular complexity index is 516. The van der Waals surface area contributed by atoms with Crippen molar-refractivity contribution >= 4 is 11.0 Å². The Labute approximate surface area is 116 Å². The summed E-state index contributed by atoms with van der Waals surface area (Å²) in [5.41, 5.74) is 3.66. The SMILES string of the molecule is CCCN(CC)CCc1ccc2nc(CC)[nH]c2c1. The van der Waals surface area contributed by atoms with Gasteiger partial charge in [0.15, 0.2) is 0 Å². The Morgan fingerprint density at radius 1 is 1.16 bits per heavy atom. The number of fused-ring (bicyclic) bond motifs is 1. The average molecular weight is 259 g/mol. The quantitative estimate of drug-likeness (QED) is 0.826. The maximum absolute atomic E-state index is 4.55. The number of imidazole rings is 1. The van der Waals surface area contributed by atoms with Crippen molar-refractivity contribution in [3.05, 3.63) is 29.6 Å². The van der Waals surface area contributed by atoms with Crippen LogP contribution in [0.2, 0.25) is 0 Å². The first kappa shape index (κ1) is 14.1. The highest BCUT2D eigenvalue weighted by Gasteiger charge is 2.04. The first-order valence-corrected chi connectivity index (χ1v) is 7.46. The second kappa shape index (κ2) is 6.71. The van der Waals surface area contributed by atoms with Crippen LogP contribution in [0.5, 0.6) is 0 Å². The normalized spacial score (nSPS) is 11.6. The molecule has 0 radical (unpaired) electrons. The van der Waals surface area contributed by atoms with E-state index in [-0.39, 0.29) is 0 Å². The highest BCUT2D eigenvalue weighted by atomic mass is 15.1. The van der Waals surface area contributed by atoms with Crippen LogP contribution >= 0.6 is 0 Å². The zero-order valence-electron chi connectivity index (χ0n) is 12.4. The summed E-state index contributed by atoms with van der Waals surface area (Å²) in [5.74, 6) is 1.08. The molecule has 0 aliphatic carbocycles. The molecule has 0 amide bonds. The van der Waals surface area contributed by atoms with Crippen molar-refractivity contribution in [2.45, 2.75) is 40.0 Å². The fourth-order valence-corrected chi connectivity index (χ4v) is 2.46. The van der Waals surface area contributed by atoms with Crippen LogP contribution in [0.4, 0.5) is 0 Å². The van der Waals surface area contributed by atoms with Crippen LogP contribution in [0.25, 0.3) is 11.0 Å². The van der Waals surface area contributed by atoms with Gasteiger partial charge in [-0.05, 0) is 43.6 Å². The van der Waals surface area contributed by atoms with Gasteiger partial charge in [-0.15, -0.1) is 0 Å². The second-order valence-corrected chi connectivity index (χ2v) is 5.07. The predicted molar refractivity (Wildman–Crippen MR) is 81.6 cm³/mol. The molecule has 104 valence electrons. The van der Waals surface area contributed by atoms with Gasteiger partial charge >= 0.3 is 0 Å². The number of hydrogen-bond acceptors (Lipinski definition) is 2. The van der Waals surface area contributed by atoms with Gasteiger partial charge in [0.05, 0.1) is 11.0 Å². The Hall–Kier alpha value is -1.35. The lowest BCUT2D eigenvalue weighted by Gasteiger charge is -2.19. The minimum Gasteiger partial charge on any atom is -0.342 e. The number of benzene rings is 1. The van der Waals surface area contributed by atoms with Crippen LogP contribution in [-0.2, 0) is 12.8 Å². The van der Waals surface area contributed by atoms with Gasteiger partial charge < -0.3 is 9.88 Å². The monoisotopic (exact) mass is 259 g/mol. The minimum absolute atomic E-state index is 0.962. The molecule has 1 aromatic heterocycles. The molecule has 0 atom stereocenters. The van der Waals surface area contributed by atoms with E-state index in [2.05, 4.69) is 53.8 Å². The summed E-state index contributed by atoms with van der Waals surface area (Å²) < 4.78 is 0. The van der Waals surface area contributed by atoms with Crippen LogP contribution in [0.15, 0.2) is 18.2 Å². The van der Waals surface area contributed by atoms with Crippen molar-refractivity contribution in [1.82, 2.24) is 14.9 Å². The molecule has 0 aliphatic rings. The lowest BCUT2D eigenvalue weighted by Crippen LogP contribution is -2.26. The number of hydrogen-bond donors (Lipinski definition) is 1. The molecule has 0 bridgehead atoms. The zero-order valence-corrected chi connectivity index (χ0v) is 12.4. The molecule has 3 nitrogen and oxygen atoms in total. The third-order valence-corrected chi connectivity index (χ3v) is 3.63. The summed E-state index contributed by atoms with van der Waals surface area (Å²) in [5, 5.41) is 0. The number of rotatable bonds is 7. The van der Waals surface area contributed by atoms with Crippen molar-refractivity contribution in [2.24, 2.45) is 0 Å². The van der Waals surface area contributed by atoms with Crippen molar-refractivity contribution in [1.29, 1.82) is 0 Å². The van der Waals surface area contributed by atoms with Gasteiger partial charge in [0.1, 0.15) is 5.82 Å². The number of nitrogens with zero attached hydrogens (tertiary/aromatic N) is 2. The van der Waals surface area contributed by atoms with Gasteiger partial charge in [-0.25, -0.2) is 4.98 Å². The van der Waals surface area contributed by atoms with E-state index in [1.807, 2.05) is 0 Å².